The quantitative estimate of drug-likeness (QED) is 0.294. The fourth-order valence-electron chi connectivity index (χ4n) is 4.10. The number of rotatable bonds is 10. The molecule has 1 aromatic heterocycles. The van der Waals surface area contributed by atoms with Gasteiger partial charge >= 0.3 is 5.97 Å². The summed E-state index contributed by atoms with van der Waals surface area (Å²) in [6, 6.07) is 12.5. The predicted molar refractivity (Wildman–Crippen MR) is 143 cm³/mol. The number of benzene rings is 2. The molecule has 1 aliphatic rings. The van der Waals surface area contributed by atoms with Gasteiger partial charge in [-0.05, 0) is 55.7 Å². The van der Waals surface area contributed by atoms with E-state index in [4.69, 9.17) is 11.6 Å². The molecule has 0 unspecified atom stereocenters. The molecule has 0 aliphatic carbocycles. The van der Waals surface area contributed by atoms with Crippen molar-refractivity contribution in [2.45, 2.75) is 36.4 Å². The van der Waals surface area contributed by atoms with Crippen LogP contribution in [-0.2, 0) is 14.8 Å². The molecule has 4 rings (SSSR count). The topological polar surface area (TPSA) is 154 Å². The number of amides is 1. The molecule has 0 bridgehead atoms. The van der Waals surface area contributed by atoms with Gasteiger partial charge in [0.25, 0.3) is 5.91 Å². The van der Waals surface area contributed by atoms with Gasteiger partial charge in [0.05, 0.1) is 15.5 Å². The maximum absolute atomic E-state index is 12.8. The van der Waals surface area contributed by atoms with Crippen molar-refractivity contribution in [3.05, 3.63) is 77.6 Å². The Morgan fingerprint density at radius 3 is 2.50 bits per heavy atom. The monoisotopic (exact) mass is 558 g/mol. The third-order valence-electron chi connectivity index (χ3n) is 6.01. The van der Waals surface area contributed by atoms with Crippen molar-refractivity contribution in [1.82, 2.24) is 20.0 Å². The molecule has 1 saturated heterocycles. The number of piperidine rings is 1. The van der Waals surface area contributed by atoms with E-state index in [2.05, 4.69) is 30.2 Å². The fourth-order valence-corrected chi connectivity index (χ4v) is 5.58. The molecule has 1 amide bonds. The Morgan fingerprint density at radius 2 is 1.82 bits per heavy atom. The molecule has 2 aromatic carbocycles. The first-order valence-corrected chi connectivity index (χ1v) is 13.8. The highest BCUT2D eigenvalue weighted by Crippen LogP contribution is 2.29. The summed E-state index contributed by atoms with van der Waals surface area (Å²) in [5.74, 6) is -1.54. The molecule has 11 nitrogen and oxygen atoms in total. The lowest BCUT2D eigenvalue weighted by molar-refractivity contribution is -0.138. The molecule has 2 heterocycles. The van der Waals surface area contributed by atoms with Gasteiger partial charge in [-0.2, -0.15) is 4.72 Å². The van der Waals surface area contributed by atoms with E-state index in [1.54, 1.807) is 42.7 Å². The lowest BCUT2D eigenvalue weighted by Crippen LogP contribution is -2.48. The van der Waals surface area contributed by atoms with Crippen LogP contribution < -0.4 is 20.3 Å². The number of nitrogens with zero attached hydrogens (tertiary/aromatic N) is 3. The average Bonchev–Trinajstić information content (AvgIpc) is 2.92. The van der Waals surface area contributed by atoms with Crippen LogP contribution in [0.2, 0.25) is 5.02 Å². The lowest BCUT2D eigenvalue weighted by atomic mass is 10.1. The average molecular weight is 559 g/mol. The van der Waals surface area contributed by atoms with E-state index < -0.39 is 34.5 Å². The summed E-state index contributed by atoms with van der Waals surface area (Å²) in [6.45, 7) is 0.293. The van der Waals surface area contributed by atoms with Crippen molar-refractivity contribution in [2.24, 2.45) is 0 Å². The Labute approximate surface area is 225 Å². The summed E-state index contributed by atoms with van der Waals surface area (Å²) in [7, 11) is -4.10. The molecule has 13 heteroatoms. The molecular weight excluding hydrogens is 532 g/mol. The Bertz CT molecular complexity index is 1380. The largest absolute Gasteiger partial charge is 0.480 e. The first kappa shape index (κ1) is 27.3. The van der Waals surface area contributed by atoms with Gasteiger partial charge in [0.2, 0.25) is 16.0 Å². The summed E-state index contributed by atoms with van der Waals surface area (Å²) in [4.78, 5) is 35.0. The van der Waals surface area contributed by atoms with Gasteiger partial charge in [-0.15, -0.1) is 0 Å². The molecule has 1 fully saturated rings. The summed E-state index contributed by atoms with van der Waals surface area (Å²) in [6.07, 6.45) is 6.16. The van der Waals surface area contributed by atoms with Crippen molar-refractivity contribution in [2.75, 3.05) is 23.3 Å². The molecule has 4 N–H and O–H groups in total. The van der Waals surface area contributed by atoms with Crippen LogP contribution in [0.3, 0.4) is 0 Å². The third kappa shape index (κ3) is 6.77. The van der Waals surface area contributed by atoms with Gasteiger partial charge in [0, 0.05) is 31.2 Å². The molecular formula is C25H27ClN6O5S. The van der Waals surface area contributed by atoms with Gasteiger partial charge < -0.3 is 20.6 Å². The Hall–Kier alpha value is -3.74. The normalized spacial score (nSPS) is 16.4. The molecule has 1 aliphatic heterocycles. The van der Waals surface area contributed by atoms with Gasteiger partial charge in [-0.25, -0.2) is 18.4 Å². The summed E-state index contributed by atoms with van der Waals surface area (Å²) < 4.78 is 27.1. The first-order valence-electron chi connectivity index (χ1n) is 11.9. The number of carbonyl (C=O) groups excluding carboxylic acids is 1. The lowest BCUT2D eigenvalue weighted by Gasteiger charge is -2.38. The van der Waals surface area contributed by atoms with Crippen LogP contribution in [0, 0.1) is 0 Å². The van der Waals surface area contributed by atoms with Crippen LogP contribution in [0.5, 0.6) is 0 Å². The fraction of sp³-hybridized carbons (Fsp3) is 0.280. The highest BCUT2D eigenvalue weighted by Gasteiger charge is 2.27. The maximum Gasteiger partial charge on any atom is 0.323 e. The van der Waals surface area contributed by atoms with Crippen LogP contribution in [0.15, 0.2) is 71.9 Å². The second-order valence-electron chi connectivity index (χ2n) is 8.62. The SMILES string of the molecule is O=C(NC[C@H](NS(=O)(=O)c1ccccc1)C(=O)O)c1ccc(N2CCCC[C@H]2Nc2ncccn2)cc1Cl. The molecule has 0 radical (unpaired) electrons. The van der Waals surface area contributed by atoms with E-state index in [-0.39, 0.29) is 21.6 Å². The van der Waals surface area contributed by atoms with E-state index in [0.29, 0.717) is 5.95 Å². The van der Waals surface area contributed by atoms with Crippen LogP contribution in [0.25, 0.3) is 0 Å². The zero-order chi connectivity index (χ0) is 27.1. The predicted octanol–water partition coefficient (Wildman–Crippen LogP) is 2.72. The number of aromatic nitrogens is 2. The molecule has 2 atom stereocenters. The van der Waals surface area contributed by atoms with E-state index in [0.717, 1.165) is 31.5 Å². The van der Waals surface area contributed by atoms with Crippen molar-refractivity contribution in [3.63, 3.8) is 0 Å². The molecule has 0 spiro atoms. The number of anilines is 2. The van der Waals surface area contributed by atoms with Crippen molar-refractivity contribution >= 4 is 45.1 Å². The van der Waals surface area contributed by atoms with Crippen LogP contribution >= 0.6 is 11.6 Å². The van der Waals surface area contributed by atoms with E-state index >= 15 is 0 Å². The second kappa shape index (κ2) is 12.2. The van der Waals surface area contributed by atoms with Gasteiger partial charge in [-0.1, -0.05) is 29.8 Å². The number of aliphatic carboxylic acids is 1. The maximum atomic E-state index is 12.8. The van der Waals surface area contributed by atoms with Crippen molar-refractivity contribution < 1.29 is 23.1 Å². The minimum absolute atomic E-state index is 0.0594. The van der Waals surface area contributed by atoms with Crippen LogP contribution in [0.1, 0.15) is 29.6 Å². The Balaban J connectivity index is 1.42. The number of carbonyl (C=O) groups is 2. The molecule has 0 saturated carbocycles. The number of sulfonamides is 1. The molecule has 3 aromatic rings. The highest BCUT2D eigenvalue weighted by atomic mass is 35.5. The minimum Gasteiger partial charge on any atom is -0.480 e. The number of carboxylic acids is 1. The summed E-state index contributed by atoms with van der Waals surface area (Å²) >= 11 is 6.46. The second-order valence-corrected chi connectivity index (χ2v) is 10.7. The van der Waals surface area contributed by atoms with Crippen molar-refractivity contribution in [3.8, 4) is 0 Å². The van der Waals surface area contributed by atoms with Crippen molar-refractivity contribution in [1.29, 1.82) is 0 Å². The molecule has 38 heavy (non-hydrogen) atoms. The first-order chi connectivity index (χ1) is 18.2. The smallest absolute Gasteiger partial charge is 0.323 e. The third-order valence-corrected chi connectivity index (χ3v) is 7.81. The Morgan fingerprint density at radius 1 is 1.08 bits per heavy atom. The van der Waals surface area contributed by atoms with Crippen LogP contribution in [0.4, 0.5) is 11.6 Å². The standard InChI is InChI=1S/C25H27ClN6O5S/c26-20-15-17(32-14-5-4-9-22(32)30-25-27-12-6-13-28-25)10-11-19(20)23(33)29-16-21(24(34)35)31-38(36,37)18-7-2-1-3-8-18/h1-3,6-8,10-13,15,21-22,31H,4-5,9,14,16H2,(H,29,33)(H,34,35)(H,27,28,30)/t21-,22-/m0/s1. The van der Waals surface area contributed by atoms with Gasteiger partial charge in [0.15, 0.2) is 0 Å². The number of carboxylic acid groups (broad SMARTS) is 1. The van der Waals surface area contributed by atoms with E-state index in [9.17, 15) is 23.1 Å². The Kier molecular flexibility index (Phi) is 8.77. The minimum atomic E-state index is -4.10. The number of nitrogens with one attached hydrogen (secondary N) is 3. The van der Waals surface area contributed by atoms with Crippen LogP contribution in [-0.4, -0.2) is 60.7 Å². The van der Waals surface area contributed by atoms with Gasteiger partial charge in [0.1, 0.15) is 12.2 Å². The summed E-state index contributed by atoms with van der Waals surface area (Å²) in [5, 5.41) is 15.5. The summed E-state index contributed by atoms with van der Waals surface area (Å²) in [5.41, 5.74) is 0.942. The number of hydrogen-bond donors (Lipinski definition) is 4. The highest BCUT2D eigenvalue weighted by molar-refractivity contribution is 7.89. The van der Waals surface area contributed by atoms with E-state index in [1.165, 1.54) is 24.3 Å². The zero-order valence-electron chi connectivity index (χ0n) is 20.2. The van der Waals surface area contributed by atoms with Gasteiger partial charge in [-0.3, -0.25) is 9.59 Å². The number of halogens is 1. The zero-order valence-corrected chi connectivity index (χ0v) is 21.8. The number of hydrogen-bond acceptors (Lipinski definition) is 8. The molecule has 200 valence electrons. The van der Waals surface area contributed by atoms with E-state index in [1.807, 2.05) is 0 Å².